The third-order valence-electron chi connectivity index (χ3n) is 6.24. The second-order valence-electron chi connectivity index (χ2n) is 9.17. The largest absolute Gasteiger partial charge is 0.351 e. The second-order valence-corrected chi connectivity index (χ2v) is 10.4. The summed E-state index contributed by atoms with van der Waals surface area (Å²) in [7, 11) is 1.62. The molecule has 206 valence electrons. The van der Waals surface area contributed by atoms with E-state index < -0.39 is 21.3 Å². The van der Waals surface area contributed by atoms with Gasteiger partial charge in [0.05, 0.1) is 11.9 Å². The van der Waals surface area contributed by atoms with E-state index in [-0.39, 0.29) is 24.3 Å². The van der Waals surface area contributed by atoms with Crippen LogP contribution in [0, 0.1) is 5.82 Å². The lowest BCUT2D eigenvalue weighted by atomic mass is 9.99. The number of likely N-dealkylation sites (N-methyl/N-ethyl adjacent to an activating group) is 1. The summed E-state index contributed by atoms with van der Waals surface area (Å²) >= 11 is 1.89. The lowest BCUT2D eigenvalue weighted by molar-refractivity contribution is -0.122. The number of alkyl halides is 1. The lowest BCUT2D eigenvalue weighted by Crippen LogP contribution is -2.42. The summed E-state index contributed by atoms with van der Waals surface area (Å²) in [4.78, 5) is 43.5. The number of hydrogen-bond donors (Lipinski definition) is 3. The molecule has 0 aliphatic rings. The summed E-state index contributed by atoms with van der Waals surface area (Å²) in [5.74, 6) is -1.47. The third kappa shape index (κ3) is 7.82. The first kappa shape index (κ1) is 29.1. The lowest BCUT2D eigenvalue weighted by Gasteiger charge is -2.21. The quantitative estimate of drug-likeness (QED) is 0.129. The molecule has 4 aromatic rings. The van der Waals surface area contributed by atoms with Gasteiger partial charge in [0.1, 0.15) is 16.4 Å². The molecule has 40 heavy (non-hydrogen) atoms. The minimum absolute atomic E-state index is 0.203. The number of anilines is 1. The van der Waals surface area contributed by atoms with Gasteiger partial charge in [-0.3, -0.25) is 19.0 Å². The molecular formula is C30H29FIN5O3. The van der Waals surface area contributed by atoms with Gasteiger partial charge in [-0.25, -0.2) is 9.37 Å². The number of carbonyl (C=O) groups is 2. The highest BCUT2D eigenvalue weighted by Crippen LogP contribution is 2.19. The predicted molar refractivity (Wildman–Crippen MR) is 162 cm³/mol. The average molecular weight is 653 g/mol. The molecule has 3 aromatic carbocycles. The highest BCUT2D eigenvalue weighted by atomic mass is 127. The first-order valence-corrected chi connectivity index (χ1v) is 13.9. The fourth-order valence-corrected chi connectivity index (χ4v) is 4.44. The topological polar surface area (TPSA) is 105 Å². The second kappa shape index (κ2) is 13.9. The summed E-state index contributed by atoms with van der Waals surface area (Å²) in [6.07, 6.45) is 2.59. The molecule has 4 rings (SSSR count). The Labute approximate surface area is 245 Å². The van der Waals surface area contributed by atoms with Crippen molar-refractivity contribution >= 4 is 40.2 Å². The molecule has 0 spiro atoms. The van der Waals surface area contributed by atoms with E-state index in [4.69, 9.17) is 0 Å². The van der Waals surface area contributed by atoms with E-state index in [2.05, 4.69) is 20.9 Å². The van der Waals surface area contributed by atoms with Crippen molar-refractivity contribution < 1.29 is 14.0 Å². The third-order valence-corrected chi connectivity index (χ3v) is 7.42. The molecule has 2 amide bonds. The Bertz CT molecular complexity index is 1460. The standard InChI is InChI=1S/C30H29FIN5O3/c1-33-27(32)29(39)36-28-30(40)37(25(18-34-28)22-12-14-23(31)15-13-22)19-26(38)35-24(16-20-8-4-2-5-9-20)17-21-10-6-3-7-11-21/h2-15,18,24,27,33H,16-17,19H2,1H3,(H,35,38)(H,34,36,39). The van der Waals surface area contributed by atoms with Crippen LogP contribution in [0.1, 0.15) is 11.1 Å². The Morgan fingerprint density at radius 3 is 2.05 bits per heavy atom. The molecule has 3 N–H and O–H groups in total. The van der Waals surface area contributed by atoms with Crippen LogP contribution in [0.25, 0.3) is 11.3 Å². The highest BCUT2D eigenvalue weighted by Gasteiger charge is 2.21. The number of halogens is 2. The number of rotatable bonds is 11. The molecule has 10 heteroatoms. The number of benzene rings is 3. The van der Waals surface area contributed by atoms with Crippen molar-refractivity contribution in [2.45, 2.75) is 29.5 Å². The number of hydrogen-bond acceptors (Lipinski definition) is 5. The summed E-state index contributed by atoms with van der Waals surface area (Å²) in [6, 6.07) is 25.0. The molecule has 0 radical (unpaired) electrons. The Morgan fingerprint density at radius 1 is 0.925 bits per heavy atom. The van der Waals surface area contributed by atoms with Gasteiger partial charge >= 0.3 is 0 Å². The van der Waals surface area contributed by atoms with Gasteiger partial charge in [-0.05, 0) is 55.3 Å². The summed E-state index contributed by atoms with van der Waals surface area (Å²) in [6.45, 7) is -0.323. The molecule has 0 aliphatic carbocycles. The van der Waals surface area contributed by atoms with E-state index in [0.717, 1.165) is 11.1 Å². The smallest absolute Gasteiger partial charge is 0.294 e. The number of carbonyl (C=O) groups excluding carboxylic acids is 2. The van der Waals surface area contributed by atoms with Crippen LogP contribution in [-0.4, -0.2) is 38.5 Å². The van der Waals surface area contributed by atoms with Gasteiger partial charge in [-0.15, -0.1) is 0 Å². The van der Waals surface area contributed by atoms with Gasteiger partial charge in [0.15, 0.2) is 5.82 Å². The molecule has 8 nitrogen and oxygen atoms in total. The molecule has 1 unspecified atom stereocenters. The minimum atomic E-state index is -0.646. The SMILES string of the molecule is CNC(I)C(=O)Nc1ncc(-c2ccc(F)cc2)n(CC(=O)NC(Cc2ccccc2)Cc2ccccc2)c1=O. The Balaban J connectivity index is 1.63. The summed E-state index contributed by atoms with van der Waals surface area (Å²) in [5.41, 5.74) is 2.32. The first-order valence-electron chi connectivity index (χ1n) is 12.7. The van der Waals surface area contributed by atoms with Gasteiger partial charge in [-0.2, -0.15) is 0 Å². The van der Waals surface area contributed by atoms with E-state index in [9.17, 15) is 18.8 Å². The predicted octanol–water partition coefficient (Wildman–Crippen LogP) is 3.94. The summed E-state index contributed by atoms with van der Waals surface area (Å²) < 4.78 is 14.3. The number of aromatic nitrogens is 2. The van der Waals surface area contributed by atoms with Crippen molar-refractivity contribution in [1.82, 2.24) is 20.2 Å². The maximum atomic E-state index is 13.6. The molecule has 0 saturated heterocycles. The van der Waals surface area contributed by atoms with Crippen LogP contribution in [0.4, 0.5) is 10.2 Å². The number of nitrogens with one attached hydrogen (secondary N) is 3. The zero-order valence-corrected chi connectivity index (χ0v) is 24.0. The van der Waals surface area contributed by atoms with Crippen LogP contribution in [0.5, 0.6) is 0 Å². The number of nitrogens with zero attached hydrogens (tertiary/aromatic N) is 2. The van der Waals surface area contributed by atoms with E-state index >= 15 is 0 Å². The fourth-order valence-electron chi connectivity index (χ4n) is 4.28. The molecule has 0 fully saturated rings. The van der Waals surface area contributed by atoms with Gasteiger partial charge in [0, 0.05) is 11.6 Å². The van der Waals surface area contributed by atoms with Crippen LogP contribution in [0.2, 0.25) is 0 Å². The minimum Gasteiger partial charge on any atom is -0.351 e. The van der Waals surface area contributed by atoms with Crippen molar-refractivity contribution in [1.29, 1.82) is 0 Å². The molecule has 1 heterocycles. The van der Waals surface area contributed by atoms with Crippen LogP contribution >= 0.6 is 22.6 Å². The average Bonchev–Trinajstić information content (AvgIpc) is 2.96. The molecular weight excluding hydrogens is 624 g/mol. The van der Waals surface area contributed by atoms with Crippen molar-refractivity contribution in [2.24, 2.45) is 0 Å². The van der Waals surface area contributed by atoms with Crippen molar-refractivity contribution in [3.05, 3.63) is 118 Å². The van der Waals surface area contributed by atoms with Crippen LogP contribution < -0.4 is 21.5 Å². The molecule has 0 saturated carbocycles. The van der Waals surface area contributed by atoms with Crippen LogP contribution in [-0.2, 0) is 29.0 Å². The Hall–Kier alpha value is -3.90. The zero-order chi connectivity index (χ0) is 28.5. The molecule has 1 aromatic heterocycles. The maximum Gasteiger partial charge on any atom is 0.294 e. The monoisotopic (exact) mass is 653 g/mol. The van der Waals surface area contributed by atoms with Gasteiger partial charge in [0.2, 0.25) is 5.91 Å². The zero-order valence-electron chi connectivity index (χ0n) is 21.8. The first-order chi connectivity index (χ1) is 19.3. The van der Waals surface area contributed by atoms with E-state index in [0.29, 0.717) is 24.1 Å². The van der Waals surface area contributed by atoms with E-state index in [1.807, 2.05) is 83.3 Å². The molecule has 0 bridgehead atoms. The Morgan fingerprint density at radius 2 is 1.50 bits per heavy atom. The van der Waals surface area contributed by atoms with Crippen molar-refractivity contribution in [3.8, 4) is 11.3 Å². The highest BCUT2D eigenvalue weighted by molar-refractivity contribution is 14.1. The van der Waals surface area contributed by atoms with E-state index in [1.165, 1.54) is 35.0 Å². The normalized spacial score (nSPS) is 11.7. The van der Waals surface area contributed by atoms with Gasteiger partial charge < -0.3 is 16.0 Å². The van der Waals surface area contributed by atoms with Crippen molar-refractivity contribution in [3.63, 3.8) is 0 Å². The maximum absolute atomic E-state index is 13.6. The summed E-state index contributed by atoms with van der Waals surface area (Å²) in [5, 5.41) is 8.40. The van der Waals surface area contributed by atoms with Gasteiger partial charge in [-0.1, -0.05) is 83.3 Å². The van der Waals surface area contributed by atoms with Crippen molar-refractivity contribution in [2.75, 3.05) is 12.4 Å². The van der Waals surface area contributed by atoms with Crippen LogP contribution in [0.15, 0.2) is 95.9 Å². The Kier molecular flexibility index (Phi) is 10.1. The number of amides is 2. The van der Waals surface area contributed by atoms with Crippen LogP contribution in [0.3, 0.4) is 0 Å². The van der Waals surface area contributed by atoms with E-state index in [1.54, 1.807) is 7.05 Å². The fraction of sp³-hybridized carbons (Fsp3) is 0.200. The molecule has 1 atom stereocenters. The van der Waals surface area contributed by atoms with Gasteiger partial charge in [0.25, 0.3) is 11.5 Å². The molecule has 0 aliphatic heterocycles.